The maximum atomic E-state index is 13.1. The lowest BCUT2D eigenvalue weighted by molar-refractivity contribution is 0.0726. The highest BCUT2D eigenvalue weighted by atomic mass is 16.2. The normalized spacial score (nSPS) is 15.5. The third-order valence-corrected chi connectivity index (χ3v) is 6.13. The van der Waals surface area contributed by atoms with Crippen molar-refractivity contribution in [3.8, 4) is 11.1 Å². The molecule has 0 saturated carbocycles. The SMILES string of the molecule is CC[C@H](C)Nc1ncc2c(-c3ccn4ncc(C(=O)N5CCCCC5)c4c3)c[nH]c2n1. The minimum absolute atomic E-state index is 0.0647. The lowest BCUT2D eigenvalue weighted by Gasteiger charge is -2.26. The van der Waals surface area contributed by atoms with Crippen LogP contribution in [0.5, 0.6) is 0 Å². The first-order valence-electron chi connectivity index (χ1n) is 11.0. The first kappa shape index (κ1) is 19.5. The van der Waals surface area contributed by atoms with Crippen LogP contribution < -0.4 is 5.32 Å². The molecular weight excluding hydrogens is 390 g/mol. The summed E-state index contributed by atoms with van der Waals surface area (Å²) in [5.41, 5.74) is 4.26. The third-order valence-electron chi connectivity index (χ3n) is 6.13. The maximum Gasteiger partial charge on any atom is 0.257 e. The number of fused-ring (bicyclic) bond motifs is 2. The zero-order chi connectivity index (χ0) is 21.4. The van der Waals surface area contributed by atoms with E-state index in [4.69, 9.17) is 0 Å². The minimum atomic E-state index is 0.0647. The fourth-order valence-corrected chi connectivity index (χ4v) is 4.12. The number of nitrogens with zero attached hydrogens (tertiary/aromatic N) is 5. The van der Waals surface area contributed by atoms with Gasteiger partial charge in [0.2, 0.25) is 5.95 Å². The molecule has 8 nitrogen and oxygen atoms in total. The number of likely N-dealkylation sites (tertiary alicyclic amines) is 1. The number of anilines is 1. The lowest BCUT2D eigenvalue weighted by Crippen LogP contribution is -2.35. The number of hydrogen-bond acceptors (Lipinski definition) is 5. The maximum absolute atomic E-state index is 13.1. The summed E-state index contributed by atoms with van der Waals surface area (Å²) in [6, 6.07) is 4.34. The number of aromatic amines is 1. The van der Waals surface area contributed by atoms with Gasteiger partial charge in [-0.15, -0.1) is 0 Å². The van der Waals surface area contributed by atoms with E-state index < -0.39 is 0 Å². The Labute approximate surface area is 180 Å². The smallest absolute Gasteiger partial charge is 0.257 e. The van der Waals surface area contributed by atoms with E-state index in [0.29, 0.717) is 17.6 Å². The van der Waals surface area contributed by atoms with Crippen molar-refractivity contribution in [1.82, 2.24) is 29.5 Å². The summed E-state index contributed by atoms with van der Waals surface area (Å²) in [5, 5.41) is 8.65. The molecule has 1 saturated heterocycles. The van der Waals surface area contributed by atoms with E-state index in [2.05, 4.69) is 39.2 Å². The largest absolute Gasteiger partial charge is 0.352 e. The van der Waals surface area contributed by atoms with E-state index in [1.54, 1.807) is 10.7 Å². The number of carbonyl (C=O) groups is 1. The summed E-state index contributed by atoms with van der Waals surface area (Å²) in [6.45, 7) is 5.88. The fraction of sp³-hybridized carbons (Fsp3) is 0.391. The predicted octanol–water partition coefficient (Wildman–Crippen LogP) is 4.11. The first-order valence-corrected chi connectivity index (χ1v) is 11.0. The molecule has 0 bridgehead atoms. The van der Waals surface area contributed by atoms with Gasteiger partial charge in [0.1, 0.15) is 5.65 Å². The van der Waals surface area contributed by atoms with Crippen molar-refractivity contribution in [2.24, 2.45) is 0 Å². The van der Waals surface area contributed by atoms with Crippen LogP contribution in [0.15, 0.2) is 36.9 Å². The number of rotatable bonds is 5. The van der Waals surface area contributed by atoms with E-state index in [1.165, 1.54) is 6.42 Å². The topological polar surface area (TPSA) is 91.2 Å². The molecule has 5 heterocycles. The van der Waals surface area contributed by atoms with Crippen molar-refractivity contribution in [3.63, 3.8) is 0 Å². The van der Waals surface area contributed by atoms with Crippen molar-refractivity contribution in [2.45, 2.75) is 45.6 Å². The molecule has 1 aliphatic rings. The van der Waals surface area contributed by atoms with Gasteiger partial charge in [-0.2, -0.15) is 10.1 Å². The molecule has 2 N–H and O–H groups in total. The van der Waals surface area contributed by atoms with Crippen molar-refractivity contribution < 1.29 is 4.79 Å². The van der Waals surface area contributed by atoms with Gasteiger partial charge in [-0.3, -0.25) is 4.79 Å². The summed E-state index contributed by atoms with van der Waals surface area (Å²) in [5.74, 6) is 0.686. The Hall–Kier alpha value is -3.42. The summed E-state index contributed by atoms with van der Waals surface area (Å²) >= 11 is 0. The van der Waals surface area contributed by atoms with Crippen molar-refractivity contribution in [1.29, 1.82) is 0 Å². The Balaban J connectivity index is 1.50. The first-order chi connectivity index (χ1) is 15.1. The number of H-pyrrole nitrogens is 1. The van der Waals surface area contributed by atoms with Crippen molar-refractivity contribution >= 4 is 28.4 Å². The number of piperidine rings is 1. The van der Waals surface area contributed by atoms with Gasteiger partial charge in [0.05, 0.1) is 17.3 Å². The Morgan fingerprint density at radius 1 is 1.26 bits per heavy atom. The van der Waals surface area contributed by atoms with E-state index in [0.717, 1.165) is 60.0 Å². The molecule has 4 aromatic rings. The highest BCUT2D eigenvalue weighted by Crippen LogP contribution is 2.30. The van der Waals surface area contributed by atoms with Crippen LogP contribution in [-0.2, 0) is 0 Å². The van der Waals surface area contributed by atoms with Crippen LogP contribution in [0.2, 0.25) is 0 Å². The number of nitrogens with one attached hydrogen (secondary N) is 2. The molecule has 1 aliphatic heterocycles. The lowest BCUT2D eigenvalue weighted by atomic mass is 10.1. The third kappa shape index (κ3) is 3.62. The van der Waals surface area contributed by atoms with Crippen LogP contribution in [-0.4, -0.2) is 54.5 Å². The molecule has 0 unspecified atom stereocenters. The second kappa shape index (κ2) is 8.02. The molecule has 160 valence electrons. The van der Waals surface area contributed by atoms with Gasteiger partial charge in [-0.25, -0.2) is 9.50 Å². The minimum Gasteiger partial charge on any atom is -0.352 e. The van der Waals surface area contributed by atoms with Crippen molar-refractivity contribution in [2.75, 3.05) is 18.4 Å². The molecule has 1 fully saturated rings. The van der Waals surface area contributed by atoms with Gasteiger partial charge in [0.15, 0.2) is 0 Å². The number of aromatic nitrogens is 5. The molecular formula is C23H27N7O. The number of pyridine rings is 1. The molecule has 0 spiro atoms. The van der Waals surface area contributed by atoms with Gasteiger partial charge in [0, 0.05) is 48.7 Å². The zero-order valence-corrected chi connectivity index (χ0v) is 17.9. The quantitative estimate of drug-likeness (QED) is 0.510. The van der Waals surface area contributed by atoms with E-state index in [-0.39, 0.29) is 5.91 Å². The number of carbonyl (C=O) groups excluding carboxylic acids is 1. The van der Waals surface area contributed by atoms with E-state index in [9.17, 15) is 4.79 Å². The van der Waals surface area contributed by atoms with Gasteiger partial charge in [-0.1, -0.05) is 6.92 Å². The number of amides is 1. The molecule has 8 heteroatoms. The molecule has 4 aromatic heterocycles. The Bertz CT molecular complexity index is 1240. The van der Waals surface area contributed by atoms with Crippen molar-refractivity contribution in [3.05, 3.63) is 42.5 Å². The summed E-state index contributed by atoms with van der Waals surface area (Å²) in [4.78, 5) is 27.4. The Morgan fingerprint density at radius 2 is 2.10 bits per heavy atom. The van der Waals surface area contributed by atoms with Gasteiger partial charge in [-0.05, 0) is 50.3 Å². The van der Waals surface area contributed by atoms with E-state index in [1.807, 2.05) is 35.6 Å². The zero-order valence-electron chi connectivity index (χ0n) is 17.9. The molecule has 1 atom stereocenters. The van der Waals surface area contributed by atoms with Crippen LogP contribution in [0.4, 0.5) is 5.95 Å². The molecule has 0 aliphatic carbocycles. The second-order valence-corrected chi connectivity index (χ2v) is 8.27. The second-order valence-electron chi connectivity index (χ2n) is 8.27. The van der Waals surface area contributed by atoms with Gasteiger partial charge in [0.25, 0.3) is 5.91 Å². The summed E-state index contributed by atoms with van der Waals surface area (Å²) < 4.78 is 1.76. The summed E-state index contributed by atoms with van der Waals surface area (Å²) in [7, 11) is 0. The molecule has 1 amide bonds. The molecule has 0 aromatic carbocycles. The van der Waals surface area contributed by atoms with Gasteiger partial charge < -0.3 is 15.2 Å². The van der Waals surface area contributed by atoms with Crippen LogP contribution in [0.1, 0.15) is 49.9 Å². The Morgan fingerprint density at radius 3 is 2.90 bits per heavy atom. The van der Waals surface area contributed by atoms with Gasteiger partial charge >= 0.3 is 0 Å². The Kier molecular flexibility index (Phi) is 5.05. The predicted molar refractivity (Wildman–Crippen MR) is 121 cm³/mol. The summed E-state index contributed by atoms with van der Waals surface area (Å²) in [6.07, 6.45) is 11.7. The van der Waals surface area contributed by atoms with Crippen LogP contribution in [0.25, 0.3) is 27.7 Å². The highest BCUT2D eigenvalue weighted by molar-refractivity contribution is 6.02. The van der Waals surface area contributed by atoms with E-state index >= 15 is 0 Å². The molecule has 31 heavy (non-hydrogen) atoms. The monoisotopic (exact) mass is 417 g/mol. The highest BCUT2D eigenvalue weighted by Gasteiger charge is 2.22. The average molecular weight is 418 g/mol. The molecule has 5 rings (SSSR count). The van der Waals surface area contributed by atoms with Crippen LogP contribution in [0, 0.1) is 0 Å². The van der Waals surface area contributed by atoms with Crippen LogP contribution >= 0.6 is 0 Å². The average Bonchev–Trinajstić information content (AvgIpc) is 3.42. The fourth-order valence-electron chi connectivity index (χ4n) is 4.12. The standard InChI is InChI=1S/C23H27N7O/c1-3-15(2)27-23-25-13-18-17(12-24-21(18)28-23)16-7-10-30-20(11-16)19(14-26-30)22(31)29-8-5-4-6-9-29/h7,10-15H,3-6,8-9H2,1-2H3,(H2,24,25,27,28)/t15-/m0/s1. The number of hydrogen-bond donors (Lipinski definition) is 2. The van der Waals surface area contributed by atoms with Crippen LogP contribution in [0.3, 0.4) is 0 Å². The molecule has 0 radical (unpaired) electrons.